The number of aromatic nitrogens is 3. The fourth-order valence-corrected chi connectivity index (χ4v) is 1.94. The fourth-order valence-electron chi connectivity index (χ4n) is 1.94. The second kappa shape index (κ2) is 7.08. The van der Waals surface area contributed by atoms with Crippen LogP contribution >= 0.6 is 0 Å². The lowest BCUT2D eigenvalue weighted by Crippen LogP contribution is -2.13. The molecule has 0 fully saturated rings. The van der Waals surface area contributed by atoms with Gasteiger partial charge >= 0.3 is 0 Å². The van der Waals surface area contributed by atoms with E-state index in [9.17, 15) is 0 Å². The van der Waals surface area contributed by atoms with Gasteiger partial charge in [-0.25, -0.2) is 0 Å². The van der Waals surface area contributed by atoms with Crippen LogP contribution in [0.25, 0.3) is 0 Å². The lowest BCUT2D eigenvalue weighted by Gasteiger charge is -2.13. The zero-order chi connectivity index (χ0) is 15.2. The molecule has 0 spiro atoms. The topological polar surface area (TPSA) is 61.2 Å². The highest BCUT2D eigenvalue weighted by molar-refractivity contribution is 5.40. The van der Waals surface area contributed by atoms with Gasteiger partial charge in [-0.2, -0.15) is 0 Å². The molecule has 114 valence electrons. The summed E-state index contributed by atoms with van der Waals surface area (Å²) in [5, 5.41) is 11.4. The number of hydrogen-bond donors (Lipinski definition) is 1. The van der Waals surface area contributed by atoms with E-state index in [4.69, 9.17) is 9.47 Å². The monoisotopic (exact) mass is 290 g/mol. The number of ether oxygens (including phenoxy) is 2. The molecule has 0 aliphatic rings. The minimum Gasteiger partial charge on any atom is -0.497 e. The first-order valence-corrected chi connectivity index (χ1v) is 7.01. The van der Waals surface area contributed by atoms with Crippen molar-refractivity contribution >= 4 is 0 Å². The molecule has 1 heterocycles. The Balaban J connectivity index is 2.12. The van der Waals surface area contributed by atoms with E-state index in [-0.39, 0.29) is 0 Å². The first kappa shape index (κ1) is 15.3. The Labute approximate surface area is 125 Å². The van der Waals surface area contributed by atoms with Gasteiger partial charge in [-0.3, -0.25) is 0 Å². The Morgan fingerprint density at radius 2 is 2.10 bits per heavy atom. The summed E-state index contributed by atoms with van der Waals surface area (Å²) in [6, 6.07) is 5.81. The maximum absolute atomic E-state index is 5.90. The summed E-state index contributed by atoms with van der Waals surface area (Å²) in [4.78, 5) is 0. The van der Waals surface area contributed by atoms with Crippen LogP contribution < -0.4 is 14.8 Å². The Bertz CT molecular complexity index is 595. The van der Waals surface area contributed by atoms with Crippen molar-refractivity contribution < 1.29 is 9.47 Å². The molecule has 1 N–H and O–H groups in total. The SMILES string of the molecule is CCNCc1cc(OC)ccc1OCc1nnc(C)n1C. The molecular formula is C15H22N4O2. The van der Waals surface area contributed by atoms with E-state index < -0.39 is 0 Å². The molecule has 0 atom stereocenters. The van der Waals surface area contributed by atoms with Crippen LogP contribution in [-0.2, 0) is 20.2 Å². The number of aryl methyl sites for hydroxylation is 1. The number of benzene rings is 1. The first-order chi connectivity index (χ1) is 10.2. The summed E-state index contributed by atoms with van der Waals surface area (Å²) in [5.41, 5.74) is 1.06. The molecule has 0 saturated heterocycles. The number of hydrogen-bond acceptors (Lipinski definition) is 5. The van der Waals surface area contributed by atoms with Gasteiger partial charge in [0, 0.05) is 19.2 Å². The number of methoxy groups -OCH3 is 1. The average molecular weight is 290 g/mol. The number of nitrogens with zero attached hydrogens (tertiary/aromatic N) is 3. The van der Waals surface area contributed by atoms with Gasteiger partial charge in [0.2, 0.25) is 0 Å². The van der Waals surface area contributed by atoms with Crippen LogP contribution in [0.2, 0.25) is 0 Å². The molecule has 0 saturated carbocycles. The van der Waals surface area contributed by atoms with Gasteiger partial charge in [-0.05, 0) is 31.7 Å². The van der Waals surface area contributed by atoms with E-state index in [0.717, 1.165) is 41.8 Å². The largest absolute Gasteiger partial charge is 0.497 e. The Morgan fingerprint density at radius 1 is 1.29 bits per heavy atom. The molecule has 2 rings (SSSR count). The van der Waals surface area contributed by atoms with Gasteiger partial charge in [0.15, 0.2) is 5.82 Å². The molecule has 0 radical (unpaired) electrons. The molecule has 0 aliphatic carbocycles. The Morgan fingerprint density at radius 3 is 2.71 bits per heavy atom. The van der Waals surface area contributed by atoms with Crippen molar-refractivity contribution in [3.63, 3.8) is 0 Å². The van der Waals surface area contributed by atoms with E-state index in [1.807, 2.05) is 36.7 Å². The van der Waals surface area contributed by atoms with Gasteiger partial charge in [0.1, 0.15) is 23.9 Å². The van der Waals surface area contributed by atoms with Crippen molar-refractivity contribution in [3.8, 4) is 11.5 Å². The molecule has 0 amide bonds. The van der Waals surface area contributed by atoms with Crippen LogP contribution in [0.15, 0.2) is 18.2 Å². The lowest BCUT2D eigenvalue weighted by molar-refractivity contribution is 0.286. The van der Waals surface area contributed by atoms with Gasteiger partial charge in [0.05, 0.1) is 7.11 Å². The van der Waals surface area contributed by atoms with Gasteiger partial charge in [0.25, 0.3) is 0 Å². The highest BCUT2D eigenvalue weighted by Gasteiger charge is 2.09. The second-order valence-electron chi connectivity index (χ2n) is 4.77. The van der Waals surface area contributed by atoms with Gasteiger partial charge in [-0.1, -0.05) is 6.92 Å². The minimum absolute atomic E-state index is 0.392. The number of rotatable bonds is 7. The summed E-state index contributed by atoms with van der Waals surface area (Å²) in [6.07, 6.45) is 0. The predicted octanol–water partition coefficient (Wildman–Crippen LogP) is 1.82. The Kier molecular flexibility index (Phi) is 5.16. The van der Waals surface area contributed by atoms with Crippen LogP contribution in [0.3, 0.4) is 0 Å². The van der Waals surface area contributed by atoms with E-state index in [0.29, 0.717) is 6.61 Å². The summed E-state index contributed by atoms with van der Waals surface area (Å²) < 4.78 is 13.1. The molecule has 0 unspecified atom stereocenters. The van der Waals surface area contributed by atoms with Crippen molar-refractivity contribution in [2.24, 2.45) is 7.05 Å². The maximum atomic E-state index is 5.90. The third-order valence-electron chi connectivity index (χ3n) is 3.37. The fraction of sp³-hybridized carbons (Fsp3) is 0.467. The minimum atomic E-state index is 0.392. The zero-order valence-electron chi connectivity index (χ0n) is 13.0. The summed E-state index contributed by atoms with van der Waals surface area (Å²) >= 11 is 0. The predicted molar refractivity (Wildman–Crippen MR) is 80.4 cm³/mol. The third-order valence-corrected chi connectivity index (χ3v) is 3.37. The second-order valence-corrected chi connectivity index (χ2v) is 4.77. The summed E-state index contributed by atoms with van der Waals surface area (Å²) in [7, 11) is 3.59. The highest BCUT2D eigenvalue weighted by atomic mass is 16.5. The molecule has 0 aliphatic heterocycles. The standard InChI is InChI=1S/C15H22N4O2/c1-5-16-9-12-8-13(20-4)6-7-14(12)21-10-15-18-17-11(2)19(15)3/h6-8,16H,5,9-10H2,1-4H3. The lowest BCUT2D eigenvalue weighted by atomic mass is 10.2. The first-order valence-electron chi connectivity index (χ1n) is 7.01. The summed E-state index contributed by atoms with van der Waals surface area (Å²) in [5.74, 6) is 3.33. The van der Waals surface area contributed by atoms with Crippen molar-refractivity contribution in [1.29, 1.82) is 0 Å². The van der Waals surface area contributed by atoms with Crippen LogP contribution in [0.5, 0.6) is 11.5 Å². The van der Waals surface area contributed by atoms with Crippen LogP contribution in [0.4, 0.5) is 0 Å². The van der Waals surface area contributed by atoms with Crippen molar-refractivity contribution in [2.45, 2.75) is 27.0 Å². The van der Waals surface area contributed by atoms with Gasteiger partial charge < -0.3 is 19.4 Å². The highest BCUT2D eigenvalue weighted by Crippen LogP contribution is 2.24. The van der Waals surface area contributed by atoms with Crippen molar-refractivity contribution in [1.82, 2.24) is 20.1 Å². The Hall–Kier alpha value is -2.08. The van der Waals surface area contributed by atoms with E-state index >= 15 is 0 Å². The molecule has 2 aromatic rings. The molecule has 0 bridgehead atoms. The molecule has 1 aromatic heterocycles. The normalized spacial score (nSPS) is 10.7. The zero-order valence-corrected chi connectivity index (χ0v) is 13.0. The van der Waals surface area contributed by atoms with E-state index in [2.05, 4.69) is 22.4 Å². The van der Waals surface area contributed by atoms with Gasteiger partial charge in [-0.15, -0.1) is 10.2 Å². The number of nitrogens with one attached hydrogen (secondary N) is 1. The molecular weight excluding hydrogens is 268 g/mol. The van der Waals surface area contributed by atoms with Crippen molar-refractivity contribution in [2.75, 3.05) is 13.7 Å². The van der Waals surface area contributed by atoms with E-state index in [1.54, 1.807) is 7.11 Å². The van der Waals surface area contributed by atoms with E-state index in [1.165, 1.54) is 0 Å². The smallest absolute Gasteiger partial charge is 0.170 e. The van der Waals surface area contributed by atoms with Crippen molar-refractivity contribution in [3.05, 3.63) is 35.4 Å². The molecule has 6 nitrogen and oxygen atoms in total. The molecule has 6 heteroatoms. The van der Waals surface area contributed by atoms with Crippen LogP contribution in [0.1, 0.15) is 24.1 Å². The van der Waals surface area contributed by atoms with Crippen LogP contribution in [0, 0.1) is 6.92 Å². The maximum Gasteiger partial charge on any atom is 0.170 e. The summed E-state index contributed by atoms with van der Waals surface area (Å²) in [6.45, 7) is 6.02. The van der Waals surface area contributed by atoms with Crippen LogP contribution in [-0.4, -0.2) is 28.4 Å². The molecule has 1 aromatic carbocycles. The molecule has 21 heavy (non-hydrogen) atoms. The quantitative estimate of drug-likeness (QED) is 0.843. The average Bonchev–Trinajstić information content (AvgIpc) is 2.83. The third kappa shape index (κ3) is 3.72.